The van der Waals surface area contributed by atoms with Crippen LogP contribution in [0.15, 0.2) is 29.2 Å². The van der Waals surface area contributed by atoms with E-state index in [4.69, 9.17) is 0 Å². The maximum atomic E-state index is 10.3. The zero-order chi connectivity index (χ0) is 14.4. The summed E-state index contributed by atoms with van der Waals surface area (Å²) >= 11 is 1.74. The lowest BCUT2D eigenvalue weighted by Gasteiger charge is -2.31. The quantitative estimate of drug-likeness (QED) is 0.799. The average molecular weight is 293 g/mol. The Morgan fingerprint density at radius 3 is 2.45 bits per heavy atom. The van der Waals surface area contributed by atoms with Crippen LogP contribution in [0.4, 0.5) is 0 Å². The Morgan fingerprint density at radius 2 is 1.85 bits per heavy atom. The van der Waals surface area contributed by atoms with E-state index in [1.165, 1.54) is 37.0 Å². The fourth-order valence-electron chi connectivity index (χ4n) is 3.02. The number of aliphatic hydroxyl groups excluding tert-OH is 1. The molecule has 1 N–H and O–H groups in total. The van der Waals surface area contributed by atoms with E-state index in [0.717, 1.165) is 24.6 Å². The molecule has 3 heteroatoms. The fourth-order valence-corrected chi connectivity index (χ4v) is 3.43. The molecule has 1 fully saturated rings. The Labute approximate surface area is 127 Å². The highest BCUT2D eigenvalue weighted by molar-refractivity contribution is 7.98. The van der Waals surface area contributed by atoms with Gasteiger partial charge in [0.1, 0.15) is 0 Å². The minimum Gasteiger partial charge on any atom is -0.388 e. The van der Waals surface area contributed by atoms with Crippen LogP contribution in [0.1, 0.15) is 50.2 Å². The van der Waals surface area contributed by atoms with Gasteiger partial charge in [-0.2, -0.15) is 0 Å². The van der Waals surface area contributed by atoms with E-state index in [-0.39, 0.29) is 6.10 Å². The van der Waals surface area contributed by atoms with E-state index in [1.807, 2.05) is 0 Å². The molecule has 20 heavy (non-hydrogen) atoms. The molecule has 1 aromatic rings. The van der Waals surface area contributed by atoms with Crippen molar-refractivity contribution in [2.75, 3.05) is 19.8 Å². The molecule has 112 valence electrons. The van der Waals surface area contributed by atoms with Gasteiger partial charge >= 0.3 is 0 Å². The molecule has 0 bridgehead atoms. The highest BCUT2D eigenvalue weighted by atomic mass is 32.2. The first-order chi connectivity index (χ1) is 9.70. The Morgan fingerprint density at radius 1 is 1.20 bits per heavy atom. The van der Waals surface area contributed by atoms with Gasteiger partial charge in [0.15, 0.2) is 0 Å². The number of hydrogen-bond acceptors (Lipinski definition) is 3. The summed E-state index contributed by atoms with van der Waals surface area (Å²) in [5.41, 5.74) is 1.04. The Balaban J connectivity index is 1.79. The first-order valence-electron chi connectivity index (χ1n) is 7.73. The molecule has 1 atom stereocenters. The number of benzene rings is 1. The zero-order valence-corrected chi connectivity index (χ0v) is 13.5. The van der Waals surface area contributed by atoms with Crippen LogP contribution in [-0.2, 0) is 0 Å². The van der Waals surface area contributed by atoms with Crippen molar-refractivity contribution in [2.45, 2.75) is 55.6 Å². The molecular formula is C17H27NOS. The van der Waals surface area contributed by atoms with E-state index < -0.39 is 0 Å². The van der Waals surface area contributed by atoms with Crippen LogP contribution in [0.3, 0.4) is 0 Å². The van der Waals surface area contributed by atoms with Gasteiger partial charge in [-0.05, 0) is 50.3 Å². The third kappa shape index (κ3) is 4.51. The van der Waals surface area contributed by atoms with Crippen LogP contribution in [0.2, 0.25) is 0 Å². The van der Waals surface area contributed by atoms with Crippen LogP contribution < -0.4 is 0 Å². The van der Waals surface area contributed by atoms with Crippen LogP contribution >= 0.6 is 11.8 Å². The number of nitrogens with zero attached hydrogens (tertiary/aromatic N) is 1. The molecule has 0 aliphatic heterocycles. The summed E-state index contributed by atoms with van der Waals surface area (Å²) in [5, 5.41) is 10.3. The SMILES string of the molecule is CSc1ccc(C(O)CCN(C)C2CCCCC2)cc1. The average Bonchev–Trinajstić information content (AvgIpc) is 2.53. The van der Waals surface area contributed by atoms with Gasteiger partial charge in [-0.1, -0.05) is 31.4 Å². The van der Waals surface area contributed by atoms with Crippen molar-refractivity contribution < 1.29 is 5.11 Å². The summed E-state index contributed by atoms with van der Waals surface area (Å²) in [5.74, 6) is 0. The smallest absolute Gasteiger partial charge is 0.0802 e. The zero-order valence-electron chi connectivity index (χ0n) is 12.7. The minimum absolute atomic E-state index is 0.336. The van der Waals surface area contributed by atoms with Gasteiger partial charge in [-0.15, -0.1) is 11.8 Å². The molecule has 0 saturated heterocycles. The molecule has 0 spiro atoms. The summed E-state index contributed by atoms with van der Waals surface area (Å²) in [4.78, 5) is 3.69. The van der Waals surface area contributed by atoms with E-state index in [2.05, 4.69) is 42.5 Å². The van der Waals surface area contributed by atoms with E-state index in [0.29, 0.717) is 0 Å². The van der Waals surface area contributed by atoms with Crippen LogP contribution in [0.5, 0.6) is 0 Å². The summed E-state index contributed by atoms with van der Waals surface area (Å²) in [6.07, 6.45) is 9.35. The van der Waals surface area contributed by atoms with Gasteiger partial charge in [0.25, 0.3) is 0 Å². The summed E-state index contributed by atoms with van der Waals surface area (Å²) < 4.78 is 0. The van der Waals surface area contributed by atoms with Crippen molar-refractivity contribution in [3.8, 4) is 0 Å². The van der Waals surface area contributed by atoms with E-state index in [9.17, 15) is 5.11 Å². The minimum atomic E-state index is -0.336. The van der Waals surface area contributed by atoms with Gasteiger partial charge in [-0.25, -0.2) is 0 Å². The molecule has 1 aliphatic rings. The lowest BCUT2D eigenvalue weighted by Crippen LogP contribution is -2.34. The topological polar surface area (TPSA) is 23.5 Å². The first kappa shape index (κ1) is 15.9. The number of hydrogen-bond donors (Lipinski definition) is 1. The lowest BCUT2D eigenvalue weighted by atomic mass is 9.94. The maximum Gasteiger partial charge on any atom is 0.0802 e. The van der Waals surface area contributed by atoms with Crippen molar-refractivity contribution in [3.05, 3.63) is 29.8 Å². The van der Waals surface area contributed by atoms with Gasteiger partial charge in [-0.3, -0.25) is 0 Å². The second-order valence-corrected chi connectivity index (χ2v) is 6.73. The standard InChI is InChI=1S/C17H27NOS/c1-18(15-6-4-3-5-7-15)13-12-17(19)14-8-10-16(20-2)11-9-14/h8-11,15,17,19H,3-7,12-13H2,1-2H3. The second-order valence-electron chi connectivity index (χ2n) is 5.85. The van der Waals surface area contributed by atoms with Crippen LogP contribution in [0, 0.1) is 0 Å². The molecular weight excluding hydrogens is 266 g/mol. The Kier molecular flexibility index (Phi) is 6.40. The second kappa shape index (κ2) is 8.06. The molecule has 0 radical (unpaired) electrons. The highest BCUT2D eigenvalue weighted by Crippen LogP contribution is 2.24. The maximum absolute atomic E-state index is 10.3. The molecule has 2 rings (SSSR count). The Bertz CT molecular complexity index is 386. The first-order valence-corrected chi connectivity index (χ1v) is 8.95. The van der Waals surface area contributed by atoms with Crippen molar-refractivity contribution in [1.29, 1.82) is 0 Å². The summed E-state index contributed by atoms with van der Waals surface area (Å²) in [6.45, 7) is 0.982. The van der Waals surface area contributed by atoms with Crippen molar-refractivity contribution in [3.63, 3.8) is 0 Å². The van der Waals surface area contributed by atoms with Gasteiger partial charge in [0, 0.05) is 17.5 Å². The largest absolute Gasteiger partial charge is 0.388 e. The predicted octanol–water partition coefficient (Wildman–Crippen LogP) is 4.10. The van der Waals surface area contributed by atoms with Crippen molar-refractivity contribution >= 4 is 11.8 Å². The highest BCUT2D eigenvalue weighted by Gasteiger charge is 2.18. The summed E-state index contributed by atoms with van der Waals surface area (Å²) in [6, 6.07) is 9.02. The molecule has 1 saturated carbocycles. The monoisotopic (exact) mass is 293 g/mol. The molecule has 2 nitrogen and oxygen atoms in total. The van der Waals surface area contributed by atoms with Crippen molar-refractivity contribution in [1.82, 2.24) is 4.90 Å². The third-order valence-electron chi connectivity index (χ3n) is 4.45. The van der Waals surface area contributed by atoms with Crippen LogP contribution in [0.25, 0.3) is 0 Å². The fraction of sp³-hybridized carbons (Fsp3) is 0.647. The number of thioether (sulfide) groups is 1. The number of aliphatic hydroxyl groups is 1. The Hall–Kier alpha value is -0.510. The van der Waals surface area contributed by atoms with Gasteiger partial charge < -0.3 is 10.0 Å². The molecule has 0 amide bonds. The third-order valence-corrected chi connectivity index (χ3v) is 5.20. The van der Waals surface area contributed by atoms with E-state index in [1.54, 1.807) is 11.8 Å². The molecule has 1 aromatic carbocycles. The van der Waals surface area contributed by atoms with Crippen molar-refractivity contribution in [2.24, 2.45) is 0 Å². The van der Waals surface area contributed by atoms with E-state index >= 15 is 0 Å². The van der Waals surface area contributed by atoms with Gasteiger partial charge in [0.2, 0.25) is 0 Å². The molecule has 1 aliphatic carbocycles. The summed E-state index contributed by atoms with van der Waals surface area (Å²) in [7, 11) is 2.21. The molecule has 1 unspecified atom stereocenters. The lowest BCUT2D eigenvalue weighted by molar-refractivity contribution is 0.125. The molecule has 0 aromatic heterocycles. The normalized spacial score (nSPS) is 18.4. The molecule has 0 heterocycles. The van der Waals surface area contributed by atoms with Gasteiger partial charge in [0.05, 0.1) is 6.10 Å². The number of rotatable bonds is 6. The van der Waals surface area contributed by atoms with Crippen LogP contribution in [-0.4, -0.2) is 35.9 Å². The predicted molar refractivity (Wildman–Crippen MR) is 87.3 cm³/mol.